The number of hydrogen-bond acceptors (Lipinski definition) is 6. The summed E-state index contributed by atoms with van der Waals surface area (Å²) in [4.78, 5) is 31.0. The fourth-order valence-electron chi connectivity index (χ4n) is 3.06. The summed E-state index contributed by atoms with van der Waals surface area (Å²) in [6.07, 6.45) is 0. The smallest absolute Gasteiger partial charge is 0.259 e. The highest BCUT2D eigenvalue weighted by molar-refractivity contribution is 8.00. The summed E-state index contributed by atoms with van der Waals surface area (Å²) < 4.78 is 7.50. The van der Waals surface area contributed by atoms with E-state index in [4.69, 9.17) is 16.3 Å². The summed E-state index contributed by atoms with van der Waals surface area (Å²) >= 11 is 8.74. The molecule has 0 spiro atoms. The number of ether oxygens (including phenoxy) is 1. The summed E-state index contributed by atoms with van der Waals surface area (Å²) in [5.74, 6) is 0.624. The summed E-state index contributed by atoms with van der Waals surface area (Å²) in [7, 11) is 0. The lowest BCUT2D eigenvalue weighted by molar-refractivity contribution is -0.113. The van der Waals surface area contributed by atoms with E-state index in [2.05, 4.69) is 10.3 Å². The van der Waals surface area contributed by atoms with E-state index in [0.717, 1.165) is 16.2 Å². The first-order valence-corrected chi connectivity index (χ1v) is 12.0. The summed E-state index contributed by atoms with van der Waals surface area (Å²) in [6.45, 7) is 3.93. The molecular weight excluding hydrogens is 466 g/mol. The molecular formula is C23H20ClN3O3S2. The van der Waals surface area contributed by atoms with Gasteiger partial charge < -0.3 is 10.1 Å². The summed E-state index contributed by atoms with van der Waals surface area (Å²) in [5, 5.41) is 5.47. The molecule has 2 heterocycles. The number of benzene rings is 2. The van der Waals surface area contributed by atoms with E-state index in [0.29, 0.717) is 27.1 Å². The maximum Gasteiger partial charge on any atom is 0.259 e. The molecule has 0 unspecified atom stereocenters. The van der Waals surface area contributed by atoms with Crippen molar-refractivity contribution in [3.05, 3.63) is 86.2 Å². The van der Waals surface area contributed by atoms with E-state index in [1.807, 2.05) is 43.5 Å². The van der Waals surface area contributed by atoms with Crippen molar-refractivity contribution in [2.24, 2.45) is 0 Å². The largest absolute Gasteiger partial charge is 0.485 e. The molecule has 2 aromatic carbocycles. The predicted molar refractivity (Wildman–Crippen MR) is 130 cm³/mol. The number of nitrogens with zero attached hydrogens (tertiary/aromatic N) is 2. The highest BCUT2D eigenvalue weighted by Gasteiger charge is 2.12. The van der Waals surface area contributed by atoms with Crippen LogP contribution in [0.15, 0.2) is 63.6 Å². The van der Waals surface area contributed by atoms with Gasteiger partial charge in [-0.2, -0.15) is 0 Å². The molecule has 1 amide bonds. The third-order valence-electron chi connectivity index (χ3n) is 4.60. The summed E-state index contributed by atoms with van der Waals surface area (Å²) in [6, 6.07) is 14.4. The van der Waals surface area contributed by atoms with Gasteiger partial charge in [0.1, 0.15) is 12.4 Å². The Morgan fingerprint density at radius 2 is 1.97 bits per heavy atom. The van der Waals surface area contributed by atoms with Crippen LogP contribution in [0.4, 0.5) is 5.69 Å². The van der Waals surface area contributed by atoms with Crippen molar-refractivity contribution in [1.82, 2.24) is 9.38 Å². The Morgan fingerprint density at radius 1 is 1.19 bits per heavy atom. The maximum absolute atomic E-state index is 12.5. The number of aryl methyl sites for hydroxylation is 2. The number of thiazole rings is 1. The molecule has 9 heteroatoms. The van der Waals surface area contributed by atoms with Crippen LogP contribution in [0.5, 0.6) is 5.75 Å². The number of halogens is 1. The topological polar surface area (TPSA) is 72.7 Å². The van der Waals surface area contributed by atoms with E-state index >= 15 is 0 Å². The van der Waals surface area contributed by atoms with Crippen molar-refractivity contribution in [2.45, 2.75) is 25.3 Å². The first kappa shape index (κ1) is 22.4. The Hall–Kier alpha value is -2.81. The number of rotatable bonds is 7. The van der Waals surface area contributed by atoms with Gasteiger partial charge in [-0.25, -0.2) is 4.98 Å². The lowest BCUT2D eigenvalue weighted by Crippen LogP contribution is -2.17. The molecule has 32 heavy (non-hydrogen) atoms. The van der Waals surface area contributed by atoms with Gasteiger partial charge in [0.2, 0.25) is 5.91 Å². The Morgan fingerprint density at radius 3 is 2.75 bits per heavy atom. The number of amides is 1. The van der Waals surface area contributed by atoms with Crippen LogP contribution in [0.3, 0.4) is 0 Å². The normalized spacial score (nSPS) is 11.0. The highest BCUT2D eigenvalue weighted by Crippen LogP contribution is 2.27. The number of hydrogen-bond donors (Lipinski definition) is 1. The average molecular weight is 486 g/mol. The lowest BCUT2D eigenvalue weighted by Gasteiger charge is -2.13. The minimum absolute atomic E-state index is 0.119. The monoisotopic (exact) mass is 485 g/mol. The number of thioether (sulfide) groups is 1. The molecule has 0 aliphatic heterocycles. The number of fused-ring (bicyclic) bond motifs is 1. The number of carbonyl (C=O) groups excluding carboxylic acids is 1. The number of carbonyl (C=O) groups is 1. The molecule has 4 aromatic rings. The van der Waals surface area contributed by atoms with E-state index < -0.39 is 0 Å². The zero-order valence-electron chi connectivity index (χ0n) is 17.4. The van der Waals surface area contributed by atoms with Gasteiger partial charge in [-0.3, -0.25) is 14.0 Å². The van der Waals surface area contributed by atoms with Crippen LogP contribution in [-0.2, 0) is 11.4 Å². The van der Waals surface area contributed by atoms with Crippen molar-refractivity contribution in [1.29, 1.82) is 0 Å². The molecule has 0 atom stereocenters. The van der Waals surface area contributed by atoms with Crippen molar-refractivity contribution in [2.75, 3.05) is 11.1 Å². The molecule has 1 N–H and O–H groups in total. The van der Waals surface area contributed by atoms with Crippen molar-refractivity contribution >= 4 is 51.3 Å². The SMILES string of the molecule is Cc1ccc(OCc2cc(=O)n3c(C)csc3n2)c(NC(=O)CSc2ccc(Cl)cc2)c1. The van der Waals surface area contributed by atoms with Gasteiger partial charge in [-0.15, -0.1) is 23.1 Å². The molecule has 0 fully saturated rings. The first-order chi connectivity index (χ1) is 15.4. The first-order valence-electron chi connectivity index (χ1n) is 9.77. The number of nitrogens with one attached hydrogen (secondary N) is 1. The summed E-state index contributed by atoms with van der Waals surface area (Å²) in [5.41, 5.74) is 2.83. The van der Waals surface area contributed by atoms with Crippen molar-refractivity contribution < 1.29 is 9.53 Å². The van der Waals surface area contributed by atoms with Gasteiger partial charge in [0, 0.05) is 27.1 Å². The third-order valence-corrected chi connectivity index (χ3v) is 6.80. The van der Waals surface area contributed by atoms with Gasteiger partial charge in [0.05, 0.1) is 17.1 Å². The fraction of sp³-hybridized carbons (Fsp3) is 0.174. The quantitative estimate of drug-likeness (QED) is 0.358. The Labute approximate surface area is 198 Å². The molecule has 2 aromatic heterocycles. The van der Waals surface area contributed by atoms with Crippen LogP contribution in [0.25, 0.3) is 4.96 Å². The zero-order chi connectivity index (χ0) is 22.7. The molecule has 0 saturated heterocycles. The van der Waals surface area contributed by atoms with E-state index in [1.54, 1.807) is 22.6 Å². The zero-order valence-corrected chi connectivity index (χ0v) is 19.8. The van der Waals surface area contributed by atoms with Crippen LogP contribution in [0.2, 0.25) is 5.02 Å². The Kier molecular flexibility index (Phi) is 6.83. The predicted octanol–water partition coefficient (Wildman–Crippen LogP) is 5.34. The standard InChI is InChI=1S/C23H20ClN3O3S2/c1-14-3-8-20(30-11-17-10-22(29)27-15(2)12-32-23(27)25-17)19(9-14)26-21(28)13-31-18-6-4-16(24)5-7-18/h3-10,12H,11,13H2,1-2H3,(H,26,28). The number of anilines is 1. The second-order valence-electron chi connectivity index (χ2n) is 7.16. The molecule has 0 aliphatic carbocycles. The molecule has 164 valence electrons. The van der Waals surface area contributed by atoms with Crippen LogP contribution in [0, 0.1) is 13.8 Å². The van der Waals surface area contributed by atoms with Crippen molar-refractivity contribution in [3.8, 4) is 5.75 Å². The molecule has 0 aliphatic rings. The van der Waals surface area contributed by atoms with Crippen molar-refractivity contribution in [3.63, 3.8) is 0 Å². The second kappa shape index (κ2) is 9.77. The van der Waals surface area contributed by atoms with Crippen LogP contribution < -0.4 is 15.6 Å². The van der Waals surface area contributed by atoms with Crippen LogP contribution in [-0.4, -0.2) is 21.0 Å². The lowest BCUT2D eigenvalue weighted by atomic mass is 10.2. The molecule has 0 bridgehead atoms. The Balaban J connectivity index is 1.44. The van der Waals surface area contributed by atoms with Gasteiger partial charge in [-0.1, -0.05) is 17.7 Å². The number of aromatic nitrogens is 2. The van der Waals surface area contributed by atoms with Gasteiger partial charge in [-0.05, 0) is 55.8 Å². The van der Waals surface area contributed by atoms with Gasteiger partial charge >= 0.3 is 0 Å². The average Bonchev–Trinajstić information content (AvgIpc) is 3.14. The van der Waals surface area contributed by atoms with Gasteiger partial charge in [0.15, 0.2) is 4.96 Å². The van der Waals surface area contributed by atoms with E-state index in [9.17, 15) is 9.59 Å². The van der Waals surface area contributed by atoms with Crippen LogP contribution in [0.1, 0.15) is 17.0 Å². The molecule has 0 saturated carbocycles. The second-order valence-corrected chi connectivity index (χ2v) is 9.48. The molecule has 6 nitrogen and oxygen atoms in total. The Bertz CT molecular complexity index is 1330. The minimum Gasteiger partial charge on any atom is -0.485 e. The van der Waals surface area contributed by atoms with Crippen LogP contribution >= 0.6 is 34.7 Å². The molecule has 4 rings (SSSR count). The maximum atomic E-state index is 12.5. The third kappa shape index (κ3) is 5.32. The fourth-order valence-corrected chi connectivity index (χ4v) is 4.78. The minimum atomic E-state index is -0.146. The molecule has 0 radical (unpaired) electrons. The van der Waals surface area contributed by atoms with Gasteiger partial charge in [0.25, 0.3) is 5.56 Å². The van der Waals surface area contributed by atoms with E-state index in [1.165, 1.54) is 29.2 Å². The highest BCUT2D eigenvalue weighted by atomic mass is 35.5. The van der Waals surface area contributed by atoms with E-state index in [-0.39, 0.29) is 23.8 Å².